The number of nitrogens with zero attached hydrogens (tertiary/aromatic N) is 1. The van der Waals surface area contributed by atoms with Gasteiger partial charge in [-0.25, -0.2) is 4.99 Å². The van der Waals surface area contributed by atoms with Crippen molar-refractivity contribution in [1.82, 2.24) is 5.32 Å². The first-order valence-electron chi connectivity index (χ1n) is 7.49. The van der Waals surface area contributed by atoms with E-state index in [0.29, 0.717) is 10.1 Å². The van der Waals surface area contributed by atoms with Crippen molar-refractivity contribution in [1.29, 1.82) is 0 Å². The van der Waals surface area contributed by atoms with E-state index in [9.17, 15) is 4.79 Å². The van der Waals surface area contributed by atoms with E-state index in [4.69, 9.17) is 4.74 Å². The lowest BCUT2D eigenvalue weighted by Gasteiger charge is -2.00. The van der Waals surface area contributed by atoms with Crippen molar-refractivity contribution in [2.75, 3.05) is 6.61 Å². The van der Waals surface area contributed by atoms with Gasteiger partial charge in [0.05, 0.1) is 17.2 Å². The maximum atomic E-state index is 12.2. The number of fused-ring (bicyclic) bond motifs is 1. The molecule has 0 spiro atoms. The minimum Gasteiger partial charge on any atom is -0.493 e. The first-order valence-corrected chi connectivity index (χ1v) is 9.10. The average Bonchev–Trinajstić information content (AvgIpc) is 3.16. The molecule has 0 bridgehead atoms. The predicted molar refractivity (Wildman–Crippen MR) is 101 cm³/mol. The van der Waals surface area contributed by atoms with Crippen LogP contribution in [0.3, 0.4) is 0 Å². The molecule has 4 nitrogen and oxygen atoms in total. The van der Waals surface area contributed by atoms with Crippen LogP contribution in [0, 0.1) is 0 Å². The molecule has 2 aliphatic rings. The van der Waals surface area contributed by atoms with Crippen molar-refractivity contribution in [2.45, 2.75) is 6.42 Å². The Labute approximate surface area is 152 Å². The van der Waals surface area contributed by atoms with Crippen molar-refractivity contribution in [3.05, 3.63) is 63.0 Å². The summed E-state index contributed by atoms with van der Waals surface area (Å²) >= 11 is 4.81. The molecule has 1 fully saturated rings. The number of benzene rings is 2. The quantitative estimate of drug-likeness (QED) is 0.765. The third kappa shape index (κ3) is 3.12. The van der Waals surface area contributed by atoms with Crippen LogP contribution in [0.15, 0.2) is 56.8 Å². The number of rotatable bonds is 2. The molecule has 0 aromatic heterocycles. The van der Waals surface area contributed by atoms with Gasteiger partial charge in [0.1, 0.15) is 5.75 Å². The topological polar surface area (TPSA) is 50.7 Å². The molecular weight excluding hydrogens is 388 g/mol. The van der Waals surface area contributed by atoms with Gasteiger partial charge in [0.15, 0.2) is 5.17 Å². The Morgan fingerprint density at radius 2 is 2.12 bits per heavy atom. The molecule has 2 aromatic rings. The molecule has 6 heteroatoms. The molecule has 1 saturated heterocycles. The lowest BCUT2D eigenvalue weighted by atomic mass is 10.1. The molecule has 0 radical (unpaired) electrons. The number of aliphatic imine (C=N–C) groups is 1. The second kappa shape index (κ2) is 6.45. The Kier molecular flexibility index (Phi) is 4.16. The normalized spacial score (nSPS) is 19.5. The monoisotopic (exact) mass is 400 g/mol. The molecule has 0 unspecified atom stereocenters. The highest BCUT2D eigenvalue weighted by atomic mass is 79.9. The Morgan fingerprint density at radius 3 is 3.00 bits per heavy atom. The molecular formula is C18H13BrN2O2S. The lowest BCUT2D eigenvalue weighted by molar-refractivity contribution is -0.115. The van der Waals surface area contributed by atoms with Gasteiger partial charge in [-0.15, -0.1) is 0 Å². The standard InChI is InChI=1S/C18H13BrN2O2S/c19-13-3-1-2-4-14(13)20-18-21-17(22)16(24-18)10-11-5-6-15-12(9-11)7-8-23-15/h1-6,9-10H,7-8H2,(H,20,21,22). The number of thioether (sulfide) groups is 1. The zero-order valence-electron chi connectivity index (χ0n) is 12.6. The van der Waals surface area contributed by atoms with E-state index in [1.54, 1.807) is 0 Å². The summed E-state index contributed by atoms with van der Waals surface area (Å²) in [4.78, 5) is 17.3. The van der Waals surface area contributed by atoms with Gasteiger partial charge < -0.3 is 10.1 Å². The number of amides is 1. The van der Waals surface area contributed by atoms with Gasteiger partial charge in [0.2, 0.25) is 0 Å². The number of amidine groups is 1. The molecule has 1 amide bonds. The van der Waals surface area contributed by atoms with Crippen LogP contribution in [0.4, 0.5) is 5.69 Å². The third-order valence-electron chi connectivity index (χ3n) is 3.74. The van der Waals surface area contributed by atoms with Crippen LogP contribution in [-0.2, 0) is 11.2 Å². The largest absolute Gasteiger partial charge is 0.493 e. The maximum absolute atomic E-state index is 12.2. The van der Waals surface area contributed by atoms with Crippen molar-refractivity contribution in [2.24, 2.45) is 4.99 Å². The maximum Gasteiger partial charge on any atom is 0.264 e. The highest BCUT2D eigenvalue weighted by molar-refractivity contribution is 9.10. The van der Waals surface area contributed by atoms with Crippen LogP contribution in [0.25, 0.3) is 6.08 Å². The Balaban J connectivity index is 1.59. The molecule has 2 aliphatic heterocycles. The molecule has 120 valence electrons. The second-order valence-electron chi connectivity index (χ2n) is 5.40. The number of carbonyl (C=O) groups is 1. The fraction of sp³-hybridized carbons (Fsp3) is 0.111. The molecule has 1 N–H and O–H groups in total. The Bertz CT molecular complexity index is 892. The summed E-state index contributed by atoms with van der Waals surface area (Å²) < 4.78 is 6.40. The zero-order valence-corrected chi connectivity index (χ0v) is 15.0. The lowest BCUT2D eigenvalue weighted by Crippen LogP contribution is -2.19. The van der Waals surface area contributed by atoms with E-state index < -0.39 is 0 Å². The van der Waals surface area contributed by atoms with Gasteiger partial charge in [-0.2, -0.15) is 0 Å². The molecule has 2 aromatic carbocycles. The van der Waals surface area contributed by atoms with Gasteiger partial charge in [0.25, 0.3) is 5.91 Å². The van der Waals surface area contributed by atoms with E-state index in [0.717, 1.165) is 34.5 Å². The third-order valence-corrected chi connectivity index (χ3v) is 5.32. The molecule has 2 heterocycles. The van der Waals surface area contributed by atoms with E-state index in [1.165, 1.54) is 17.3 Å². The van der Waals surface area contributed by atoms with E-state index in [-0.39, 0.29) is 5.91 Å². The average molecular weight is 401 g/mol. The number of nitrogens with one attached hydrogen (secondary N) is 1. The zero-order chi connectivity index (χ0) is 16.5. The summed E-state index contributed by atoms with van der Waals surface area (Å²) in [5.74, 6) is 0.819. The van der Waals surface area contributed by atoms with E-state index >= 15 is 0 Å². The number of para-hydroxylation sites is 1. The van der Waals surface area contributed by atoms with Crippen LogP contribution in [0.2, 0.25) is 0 Å². The minimum atomic E-state index is -0.123. The number of hydrogen-bond acceptors (Lipinski definition) is 4. The van der Waals surface area contributed by atoms with Crippen LogP contribution < -0.4 is 10.1 Å². The fourth-order valence-electron chi connectivity index (χ4n) is 2.58. The Morgan fingerprint density at radius 1 is 1.25 bits per heavy atom. The summed E-state index contributed by atoms with van der Waals surface area (Å²) in [6.45, 7) is 0.730. The first-order chi connectivity index (χ1) is 11.7. The van der Waals surface area contributed by atoms with Crippen molar-refractivity contribution >= 4 is 50.5 Å². The molecule has 0 saturated carbocycles. The summed E-state index contributed by atoms with van der Waals surface area (Å²) in [7, 11) is 0. The smallest absolute Gasteiger partial charge is 0.264 e. The van der Waals surface area contributed by atoms with Crippen LogP contribution in [0.5, 0.6) is 5.75 Å². The van der Waals surface area contributed by atoms with Crippen LogP contribution in [0.1, 0.15) is 11.1 Å². The molecule has 0 aliphatic carbocycles. The summed E-state index contributed by atoms with van der Waals surface area (Å²) in [5.41, 5.74) is 2.98. The van der Waals surface area contributed by atoms with Crippen LogP contribution in [-0.4, -0.2) is 17.7 Å². The van der Waals surface area contributed by atoms with Gasteiger partial charge in [-0.3, -0.25) is 4.79 Å². The van der Waals surface area contributed by atoms with Gasteiger partial charge in [-0.1, -0.05) is 18.2 Å². The first kappa shape index (κ1) is 15.5. The van der Waals surface area contributed by atoms with E-state index in [2.05, 4.69) is 32.3 Å². The van der Waals surface area contributed by atoms with Gasteiger partial charge in [-0.05, 0) is 69.2 Å². The SMILES string of the molecule is O=C1NC(=Nc2ccccc2Br)SC1=Cc1ccc2c(c1)CCO2. The molecule has 0 atom stereocenters. The highest BCUT2D eigenvalue weighted by Gasteiger charge is 2.24. The Hall–Kier alpha value is -2.05. The number of ether oxygens (including phenoxy) is 1. The second-order valence-corrected chi connectivity index (χ2v) is 7.28. The molecule has 24 heavy (non-hydrogen) atoms. The van der Waals surface area contributed by atoms with Gasteiger partial charge >= 0.3 is 0 Å². The minimum absolute atomic E-state index is 0.123. The predicted octanol–water partition coefficient (Wildman–Crippen LogP) is 4.28. The van der Waals surface area contributed by atoms with Crippen molar-refractivity contribution in [3.63, 3.8) is 0 Å². The van der Waals surface area contributed by atoms with Crippen molar-refractivity contribution in [3.8, 4) is 5.75 Å². The number of hydrogen-bond donors (Lipinski definition) is 1. The van der Waals surface area contributed by atoms with Crippen molar-refractivity contribution < 1.29 is 9.53 Å². The highest BCUT2D eigenvalue weighted by Crippen LogP contribution is 2.32. The summed E-state index contributed by atoms with van der Waals surface area (Å²) in [5, 5.41) is 3.40. The molecule has 4 rings (SSSR count). The number of carbonyl (C=O) groups excluding carboxylic acids is 1. The fourth-order valence-corrected chi connectivity index (χ4v) is 3.79. The number of halogens is 1. The van der Waals surface area contributed by atoms with E-state index in [1.807, 2.05) is 42.5 Å². The van der Waals surface area contributed by atoms with Crippen LogP contribution >= 0.6 is 27.7 Å². The van der Waals surface area contributed by atoms with Gasteiger partial charge in [0, 0.05) is 10.9 Å². The summed E-state index contributed by atoms with van der Waals surface area (Å²) in [6, 6.07) is 13.7. The summed E-state index contributed by atoms with van der Waals surface area (Å²) in [6.07, 6.45) is 2.81.